The Labute approximate surface area is 101 Å². The number of fused-ring (bicyclic) bond motifs is 1. The Morgan fingerprint density at radius 2 is 2.12 bits per heavy atom. The smallest absolute Gasteiger partial charge is 0.178 e. The van der Waals surface area contributed by atoms with Crippen molar-refractivity contribution in [3.63, 3.8) is 0 Å². The van der Waals surface area contributed by atoms with E-state index in [1.165, 1.54) is 30.3 Å². The maximum absolute atomic E-state index is 5.35. The highest BCUT2D eigenvalue weighted by atomic mass is 32.1. The van der Waals surface area contributed by atoms with E-state index >= 15 is 0 Å². The number of nitrogens with zero attached hydrogens (tertiary/aromatic N) is 1. The summed E-state index contributed by atoms with van der Waals surface area (Å²) >= 11 is 5.35. The minimum Gasteiger partial charge on any atom is -0.331 e. The number of aryl methyl sites for hydroxylation is 2. The van der Waals surface area contributed by atoms with Gasteiger partial charge in [0.25, 0.3) is 0 Å². The molecule has 0 unspecified atom stereocenters. The highest BCUT2D eigenvalue weighted by Crippen LogP contribution is 2.16. The van der Waals surface area contributed by atoms with E-state index in [4.69, 9.17) is 12.2 Å². The van der Waals surface area contributed by atoms with Gasteiger partial charge in [-0.1, -0.05) is 25.8 Å². The molecule has 1 heterocycles. The van der Waals surface area contributed by atoms with E-state index in [1.807, 2.05) is 0 Å². The second-order valence-corrected chi connectivity index (χ2v) is 4.70. The van der Waals surface area contributed by atoms with Gasteiger partial charge in [-0.3, -0.25) is 0 Å². The molecule has 1 aromatic heterocycles. The van der Waals surface area contributed by atoms with Gasteiger partial charge >= 0.3 is 0 Å². The van der Waals surface area contributed by atoms with Crippen molar-refractivity contribution in [2.24, 2.45) is 0 Å². The zero-order chi connectivity index (χ0) is 11.5. The van der Waals surface area contributed by atoms with Crippen molar-refractivity contribution < 1.29 is 0 Å². The van der Waals surface area contributed by atoms with Crippen molar-refractivity contribution in [2.45, 2.75) is 39.7 Å². The van der Waals surface area contributed by atoms with Gasteiger partial charge in [0, 0.05) is 6.54 Å². The standard InChI is InChI=1S/C13H18N2S/c1-3-4-5-8-15-12-7-6-10(2)9-11(12)14-13(15)16/h6-7,9H,3-5,8H2,1-2H3,(H,14,16). The van der Waals surface area contributed by atoms with Gasteiger partial charge < -0.3 is 9.55 Å². The number of rotatable bonds is 4. The molecule has 0 aliphatic carbocycles. The number of hydrogen-bond acceptors (Lipinski definition) is 1. The summed E-state index contributed by atoms with van der Waals surface area (Å²) < 4.78 is 3.05. The highest BCUT2D eigenvalue weighted by molar-refractivity contribution is 7.71. The van der Waals surface area contributed by atoms with E-state index in [1.54, 1.807) is 0 Å². The Morgan fingerprint density at radius 3 is 2.88 bits per heavy atom. The van der Waals surface area contributed by atoms with Gasteiger partial charge in [0.1, 0.15) is 0 Å². The minimum absolute atomic E-state index is 0.844. The van der Waals surface area contributed by atoms with Gasteiger partial charge in [0.05, 0.1) is 11.0 Å². The molecular weight excluding hydrogens is 216 g/mol. The third-order valence-electron chi connectivity index (χ3n) is 2.91. The average molecular weight is 234 g/mol. The average Bonchev–Trinajstić information content (AvgIpc) is 2.55. The summed E-state index contributed by atoms with van der Waals surface area (Å²) in [7, 11) is 0. The summed E-state index contributed by atoms with van der Waals surface area (Å²) in [5.41, 5.74) is 3.65. The Morgan fingerprint density at radius 1 is 1.31 bits per heavy atom. The SMILES string of the molecule is CCCCCn1c(=S)[nH]c2cc(C)ccc21. The first-order valence-corrected chi connectivity index (χ1v) is 6.32. The van der Waals surface area contributed by atoms with Gasteiger partial charge in [-0.25, -0.2) is 0 Å². The Hall–Kier alpha value is -1.09. The first-order chi connectivity index (χ1) is 7.72. The first-order valence-electron chi connectivity index (χ1n) is 5.91. The molecule has 0 amide bonds. The van der Waals surface area contributed by atoms with Gasteiger partial charge in [-0.05, 0) is 43.3 Å². The van der Waals surface area contributed by atoms with E-state index in [2.05, 4.69) is 41.6 Å². The van der Waals surface area contributed by atoms with Crippen LogP contribution in [0.5, 0.6) is 0 Å². The van der Waals surface area contributed by atoms with Gasteiger partial charge in [0.15, 0.2) is 4.77 Å². The van der Waals surface area contributed by atoms with Crippen LogP contribution < -0.4 is 0 Å². The van der Waals surface area contributed by atoms with Crippen LogP contribution >= 0.6 is 12.2 Å². The molecule has 86 valence electrons. The lowest BCUT2D eigenvalue weighted by molar-refractivity contribution is 0.608. The molecule has 0 spiro atoms. The molecule has 0 radical (unpaired) electrons. The largest absolute Gasteiger partial charge is 0.331 e. The lowest BCUT2D eigenvalue weighted by atomic mass is 10.2. The molecule has 0 bridgehead atoms. The Bertz CT molecular complexity index is 536. The molecule has 1 N–H and O–H groups in total. The monoisotopic (exact) mass is 234 g/mol. The Balaban J connectivity index is 2.36. The van der Waals surface area contributed by atoms with Crippen LogP contribution in [0.25, 0.3) is 11.0 Å². The van der Waals surface area contributed by atoms with Crippen molar-refractivity contribution in [3.05, 3.63) is 28.5 Å². The number of aromatic amines is 1. The zero-order valence-corrected chi connectivity index (χ0v) is 10.7. The van der Waals surface area contributed by atoms with Crippen LogP contribution in [0.4, 0.5) is 0 Å². The van der Waals surface area contributed by atoms with Crippen molar-refractivity contribution in [2.75, 3.05) is 0 Å². The maximum atomic E-state index is 5.35. The molecule has 0 fully saturated rings. The predicted octanol–water partition coefficient (Wildman–Crippen LogP) is 4.20. The summed E-state index contributed by atoms with van der Waals surface area (Å²) in [5, 5.41) is 0. The molecule has 0 atom stereocenters. The first kappa shape index (κ1) is 11.4. The van der Waals surface area contributed by atoms with Crippen LogP contribution in [-0.2, 0) is 6.54 Å². The lowest BCUT2D eigenvalue weighted by Crippen LogP contribution is -1.97. The molecular formula is C13H18N2S. The summed E-state index contributed by atoms with van der Waals surface area (Å²) in [4.78, 5) is 3.27. The van der Waals surface area contributed by atoms with E-state index in [-0.39, 0.29) is 0 Å². The van der Waals surface area contributed by atoms with E-state index in [9.17, 15) is 0 Å². The molecule has 0 saturated heterocycles. The van der Waals surface area contributed by atoms with Crippen LogP contribution in [0.3, 0.4) is 0 Å². The second-order valence-electron chi connectivity index (χ2n) is 4.31. The molecule has 1 aromatic carbocycles. The summed E-state index contributed by atoms with van der Waals surface area (Å²) in [5.74, 6) is 0. The van der Waals surface area contributed by atoms with Crippen LogP contribution in [0.1, 0.15) is 31.7 Å². The van der Waals surface area contributed by atoms with Crippen LogP contribution in [0.15, 0.2) is 18.2 Å². The fourth-order valence-corrected chi connectivity index (χ4v) is 2.32. The molecule has 0 aliphatic rings. The summed E-state index contributed by atoms with van der Waals surface area (Å²) in [6.07, 6.45) is 3.71. The fourth-order valence-electron chi connectivity index (χ4n) is 2.02. The van der Waals surface area contributed by atoms with Crippen molar-refractivity contribution in [1.29, 1.82) is 0 Å². The number of hydrogen-bond donors (Lipinski definition) is 1. The van der Waals surface area contributed by atoms with Crippen LogP contribution in [0, 0.1) is 11.7 Å². The molecule has 2 nitrogen and oxygen atoms in total. The minimum atomic E-state index is 0.844. The molecule has 16 heavy (non-hydrogen) atoms. The number of aromatic nitrogens is 2. The van der Waals surface area contributed by atoms with E-state index < -0.39 is 0 Å². The zero-order valence-electron chi connectivity index (χ0n) is 9.92. The maximum Gasteiger partial charge on any atom is 0.178 e. The van der Waals surface area contributed by atoms with Crippen molar-refractivity contribution in [3.8, 4) is 0 Å². The van der Waals surface area contributed by atoms with Gasteiger partial charge in [0.2, 0.25) is 0 Å². The van der Waals surface area contributed by atoms with Crippen molar-refractivity contribution >= 4 is 23.3 Å². The summed E-state index contributed by atoms with van der Waals surface area (Å²) in [6, 6.07) is 6.45. The lowest BCUT2D eigenvalue weighted by Gasteiger charge is -2.03. The third-order valence-corrected chi connectivity index (χ3v) is 3.24. The van der Waals surface area contributed by atoms with Crippen LogP contribution in [0.2, 0.25) is 0 Å². The molecule has 0 aliphatic heterocycles. The Kier molecular flexibility index (Phi) is 3.44. The third kappa shape index (κ3) is 2.19. The van der Waals surface area contributed by atoms with Crippen LogP contribution in [-0.4, -0.2) is 9.55 Å². The normalized spacial score (nSPS) is 11.1. The van der Waals surface area contributed by atoms with Gasteiger partial charge in [-0.15, -0.1) is 0 Å². The number of benzene rings is 1. The molecule has 3 heteroatoms. The predicted molar refractivity (Wildman–Crippen MR) is 71.4 cm³/mol. The molecule has 2 aromatic rings. The fraction of sp³-hybridized carbons (Fsp3) is 0.462. The molecule has 2 rings (SSSR count). The van der Waals surface area contributed by atoms with E-state index in [0.29, 0.717) is 0 Å². The molecule has 0 saturated carbocycles. The summed E-state index contributed by atoms with van der Waals surface area (Å²) in [6.45, 7) is 5.35. The second kappa shape index (κ2) is 4.83. The van der Waals surface area contributed by atoms with Gasteiger partial charge in [-0.2, -0.15) is 0 Å². The number of unbranched alkanes of at least 4 members (excludes halogenated alkanes) is 2. The topological polar surface area (TPSA) is 20.7 Å². The van der Waals surface area contributed by atoms with Crippen molar-refractivity contribution in [1.82, 2.24) is 9.55 Å². The highest BCUT2D eigenvalue weighted by Gasteiger charge is 2.03. The number of nitrogens with one attached hydrogen (secondary N) is 1. The quantitative estimate of drug-likeness (QED) is 0.621. The number of H-pyrrole nitrogens is 1. The van der Waals surface area contributed by atoms with E-state index in [0.717, 1.165) is 16.8 Å². The number of imidazole rings is 1.